The van der Waals surface area contributed by atoms with E-state index in [-0.39, 0.29) is 4.90 Å². The van der Waals surface area contributed by atoms with Crippen LogP contribution < -0.4 is 9.47 Å². The Morgan fingerprint density at radius 2 is 1.65 bits per heavy atom. The van der Waals surface area contributed by atoms with E-state index in [0.29, 0.717) is 23.6 Å². The Morgan fingerprint density at radius 3 is 2.29 bits per heavy atom. The van der Waals surface area contributed by atoms with Crippen molar-refractivity contribution in [3.63, 3.8) is 0 Å². The van der Waals surface area contributed by atoms with Crippen LogP contribution in [0.2, 0.25) is 0 Å². The van der Waals surface area contributed by atoms with Crippen molar-refractivity contribution in [2.45, 2.75) is 24.3 Å². The molecule has 1 heterocycles. The minimum Gasteiger partial charge on any atom is -0.497 e. The zero-order valence-corrected chi connectivity index (χ0v) is 18.5. The highest BCUT2D eigenvalue weighted by Gasteiger charge is 2.38. The van der Waals surface area contributed by atoms with E-state index < -0.39 is 16.1 Å². The number of rotatable bonds is 6. The van der Waals surface area contributed by atoms with E-state index in [4.69, 9.17) is 9.47 Å². The number of hydrazone groups is 1. The molecule has 1 aliphatic heterocycles. The van der Waals surface area contributed by atoms with Gasteiger partial charge in [0.2, 0.25) is 0 Å². The van der Waals surface area contributed by atoms with Crippen LogP contribution in [0.1, 0.15) is 29.2 Å². The van der Waals surface area contributed by atoms with Crippen LogP contribution in [0.25, 0.3) is 0 Å². The van der Waals surface area contributed by atoms with Gasteiger partial charge < -0.3 is 9.47 Å². The highest BCUT2D eigenvalue weighted by molar-refractivity contribution is 7.89. The Kier molecular flexibility index (Phi) is 5.69. The first-order valence-electron chi connectivity index (χ1n) is 9.90. The van der Waals surface area contributed by atoms with Gasteiger partial charge in [-0.05, 0) is 36.8 Å². The van der Waals surface area contributed by atoms with E-state index in [1.807, 2.05) is 43.3 Å². The molecule has 31 heavy (non-hydrogen) atoms. The molecule has 0 unspecified atom stereocenters. The SMILES string of the molecule is COc1ccc(C2=NN(S(=O)(=O)c3ccccc3)[C@H](c3ccc(C)cc3)C2)c(OC)c1. The van der Waals surface area contributed by atoms with Crippen LogP contribution >= 0.6 is 0 Å². The first-order valence-corrected chi connectivity index (χ1v) is 11.3. The van der Waals surface area contributed by atoms with E-state index in [1.54, 1.807) is 50.6 Å². The number of benzene rings is 3. The maximum absolute atomic E-state index is 13.5. The summed E-state index contributed by atoms with van der Waals surface area (Å²) < 4.78 is 39.0. The highest BCUT2D eigenvalue weighted by Crippen LogP contribution is 2.39. The van der Waals surface area contributed by atoms with Crippen LogP contribution in [0.4, 0.5) is 0 Å². The predicted molar refractivity (Wildman–Crippen MR) is 120 cm³/mol. The van der Waals surface area contributed by atoms with Gasteiger partial charge in [0.25, 0.3) is 10.0 Å². The fourth-order valence-corrected chi connectivity index (χ4v) is 5.10. The summed E-state index contributed by atoms with van der Waals surface area (Å²) in [4.78, 5) is 0.207. The highest BCUT2D eigenvalue weighted by atomic mass is 32.2. The number of nitrogens with zero attached hydrogens (tertiary/aromatic N) is 2. The monoisotopic (exact) mass is 436 g/mol. The average Bonchev–Trinajstić information content (AvgIpc) is 3.26. The number of sulfonamides is 1. The Balaban J connectivity index is 1.82. The van der Waals surface area contributed by atoms with Gasteiger partial charge in [0.15, 0.2) is 0 Å². The maximum atomic E-state index is 13.5. The number of aryl methyl sites for hydroxylation is 1. The summed E-state index contributed by atoms with van der Waals surface area (Å²) in [5, 5.41) is 4.59. The van der Waals surface area contributed by atoms with Crippen molar-refractivity contribution in [3.05, 3.63) is 89.5 Å². The van der Waals surface area contributed by atoms with Crippen LogP contribution in [0.15, 0.2) is 82.8 Å². The topological polar surface area (TPSA) is 68.2 Å². The van der Waals surface area contributed by atoms with Crippen molar-refractivity contribution in [1.29, 1.82) is 0 Å². The van der Waals surface area contributed by atoms with E-state index in [1.165, 1.54) is 4.41 Å². The minimum absolute atomic E-state index is 0.207. The summed E-state index contributed by atoms with van der Waals surface area (Å²) in [7, 11) is -0.680. The van der Waals surface area contributed by atoms with Crippen LogP contribution in [-0.4, -0.2) is 32.8 Å². The maximum Gasteiger partial charge on any atom is 0.279 e. The molecule has 0 radical (unpaired) electrons. The first kappa shape index (κ1) is 20.9. The lowest BCUT2D eigenvalue weighted by Crippen LogP contribution is -2.27. The molecular weight excluding hydrogens is 412 g/mol. The Hall–Kier alpha value is -3.32. The minimum atomic E-state index is -3.84. The fourth-order valence-electron chi connectivity index (χ4n) is 3.65. The second-order valence-corrected chi connectivity index (χ2v) is 9.13. The molecule has 0 spiro atoms. The van der Waals surface area contributed by atoms with Gasteiger partial charge in [-0.2, -0.15) is 17.9 Å². The largest absolute Gasteiger partial charge is 0.497 e. The molecule has 0 aliphatic carbocycles. The van der Waals surface area contributed by atoms with Gasteiger partial charge in [0, 0.05) is 18.1 Å². The van der Waals surface area contributed by atoms with Crippen LogP contribution in [0.5, 0.6) is 11.5 Å². The third-order valence-corrected chi connectivity index (χ3v) is 7.04. The molecule has 3 aromatic rings. The summed E-state index contributed by atoms with van der Waals surface area (Å²) >= 11 is 0. The number of hydrogen-bond acceptors (Lipinski definition) is 5. The van der Waals surface area contributed by atoms with Crippen molar-refractivity contribution in [2.75, 3.05) is 14.2 Å². The molecule has 0 saturated carbocycles. The molecule has 0 saturated heterocycles. The van der Waals surface area contributed by atoms with Crippen LogP contribution in [0.3, 0.4) is 0 Å². The van der Waals surface area contributed by atoms with Gasteiger partial charge in [-0.3, -0.25) is 0 Å². The van der Waals surface area contributed by atoms with Crippen molar-refractivity contribution in [2.24, 2.45) is 5.10 Å². The second-order valence-electron chi connectivity index (χ2n) is 7.33. The third kappa shape index (κ3) is 4.01. The van der Waals surface area contributed by atoms with Gasteiger partial charge in [-0.25, -0.2) is 0 Å². The summed E-state index contributed by atoms with van der Waals surface area (Å²) in [6.45, 7) is 2.00. The van der Waals surface area contributed by atoms with Crippen molar-refractivity contribution in [1.82, 2.24) is 4.41 Å². The van der Waals surface area contributed by atoms with E-state index in [2.05, 4.69) is 5.10 Å². The lowest BCUT2D eigenvalue weighted by atomic mass is 9.98. The molecule has 4 rings (SSSR count). The van der Waals surface area contributed by atoms with Crippen LogP contribution in [0, 0.1) is 6.92 Å². The smallest absolute Gasteiger partial charge is 0.279 e. The van der Waals surface area contributed by atoms with Gasteiger partial charge in [-0.15, -0.1) is 0 Å². The molecule has 1 aliphatic rings. The molecule has 0 N–H and O–H groups in total. The third-order valence-electron chi connectivity index (χ3n) is 5.34. The van der Waals surface area contributed by atoms with Crippen molar-refractivity contribution < 1.29 is 17.9 Å². The van der Waals surface area contributed by atoms with Gasteiger partial charge >= 0.3 is 0 Å². The standard InChI is InChI=1S/C24H24N2O4S/c1-17-9-11-18(12-10-17)23-16-22(21-14-13-19(29-2)15-24(21)30-3)25-26(23)31(27,28)20-7-5-4-6-8-20/h4-15,23H,16H2,1-3H3/t23-/m0/s1. The zero-order valence-electron chi connectivity index (χ0n) is 17.6. The van der Waals surface area contributed by atoms with Gasteiger partial charge in [0.1, 0.15) is 11.5 Å². The zero-order chi connectivity index (χ0) is 22.0. The van der Waals surface area contributed by atoms with Crippen molar-refractivity contribution >= 4 is 15.7 Å². The Labute approximate surface area is 182 Å². The predicted octanol–water partition coefficient (Wildman–Crippen LogP) is 4.55. The molecular formula is C24H24N2O4S. The summed E-state index contributed by atoms with van der Waals surface area (Å²) in [6, 6.07) is 21.2. The van der Waals surface area contributed by atoms with Crippen molar-refractivity contribution in [3.8, 4) is 11.5 Å². The summed E-state index contributed by atoms with van der Waals surface area (Å²) in [6.07, 6.45) is 0.428. The lowest BCUT2D eigenvalue weighted by molar-refractivity contribution is 0.371. The van der Waals surface area contributed by atoms with Gasteiger partial charge in [-0.1, -0.05) is 48.0 Å². The molecule has 0 fully saturated rings. The van der Waals surface area contributed by atoms with E-state index in [9.17, 15) is 8.42 Å². The quantitative estimate of drug-likeness (QED) is 0.568. The Morgan fingerprint density at radius 1 is 0.935 bits per heavy atom. The molecule has 0 aromatic heterocycles. The molecule has 7 heteroatoms. The summed E-state index contributed by atoms with van der Waals surface area (Å²) in [5.74, 6) is 1.24. The average molecular weight is 437 g/mol. The molecule has 0 bridgehead atoms. The molecule has 3 aromatic carbocycles. The van der Waals surface area contributed by atoms with Gasteiger partial charge in [0.05, 0.1) is 30.9 Å². The lowest BCUT2D eigenvalue weighted by Gasteiger charge is -2.23. The molecule has 160 valence electrons. The normalized spacial score (nSPS) is 16.2. The molecule has 6 nitrogen and oxygen atoms in total. The van der Waals surface area contributed by atoms with E-state index >= 15 is 0 Å². The fraction of sp³-hybridized carbons (Fsp3) is 0.208. The van der Waals surface area contributed by atoms with E-state index in [0.717, 1.165) is 16.7 Å². The summed E-state index contributed by atoms with van der Waals surface area (Å²) in [5.41, 5.74) is 3.38. The molecule has 0 amide bonds. The van der Waals surface area contributed by atoms with Crippen LogP contribution in [-0.2, 0) is 10.0 Å². The molecule has 1 atom stereocenters. The number of methoxy groups -OCH3 is 2. The first-order chi connectivity index (χ1) is 14.9. The number of hydrogen-bond donors (Lipinski definition) is 0. The Bertz CT molecular complexity index is 1210. The second kappa shape index (κ2) is 8.43. The number of ether oxygens (including phenoxy) is 2.